The van der Waals surface area contributed by atoms with E-state index in [1.807, 2.05) is 42.5 Å². The zero-order chi connectivity index (χ0) is 22.6. The van der Waals surface area contributed by atoms with Gasteiger partial charge in [-0.05, 0) is 61.6 Å². The van der Waals surface area contributed by atoms with E-state index in [0.717, 1.165) is 59.2 Å². The van der Waals surface area contributed by atoms with Crippen LogP contribution in [0.25, 0.3) is 11.3 Å². The molecule has 0 aliphatic carbocycles. The fraction of sp³-hybridized carbons (Fsp3) is 0.346. The third-order valence-electron chi connectivity index (χ3n) is 6.14. The van der Waals surface area contributed by atoms with E-state index in [-0.39, 0.29) is 11.8 Å². The molecule has 2 aliphatic rings. The number of carbonyl (C=O) groups is 2. The molecule has 2 aromatic carbocycles. The van der Waals surface area contributed by atoms with Crippen molar-refractivity contribution in [2.45, 2.75) is 51.5 Å². The summed E-state index contributed by atoms with van der Waals surface area (Å²) in [5.41, 5.74) is 4.70. The zero-order valence-corrected chi connectivity index (χ0v) is 18.6. The van der Waals surface area contributed by atoms with Gasteiger partial charge in [0.1, 0.15) is 11.6 Å². The monoisotopic (exact) mass is 444 g/mol. The van der Waals surface area contributed by atoms with Crippen LogP contribution in [0.4, 0.5) is 11.4 Å². The number of hydrogen-bond acceptors (Lipinski definition) is 4. The molecule has 0 fully saturated rings. The number of ether oxygens (including phenoxy) is 1. The smallest absolute Gasteiger partial charge is 0.224 e. The molecule has 0 saturated heterocycles. The highest BCUT2D eigenvalue weighted by Gasteiger charge is 2.16. The number of aromatic nitrogens is 2. The van der Waals surface area contributed by atoms with E-state index in [1.54, 1.807) is 0 Å². The Morgan fingerprint density at radius 1 is 1.12 bits per heavy atom. The van der Waals surface area contributed by atoms with Gasteiger partial charge in [0.15, 0.2) is 0 Å². The normalized spacial score (nSPS) is 14.7. The summed E-state index contributed by atoms with van der Waals surface area (Å²) >= 11 is 0. The van der Waals surface area contributed by atoms with Crippen molar-refractivity contribution in [1.82, 2.24) is 9.55 Å². The van der Waals surface area contributed by atoms with Gasteiger partial charge in [0.25, 0.3) is 0 Å². The molecular formula is C26H28N4O3. The Morgan fingerprint density at radius 3 is 2.97 bits per heavy atom. The number of carbonyl (C=O) groups excluding carboxylic acids is 2. The standard InChI is InChI=1S/C26H28N4O3/c31-25(8-4-14-33-21-10-11-22-19(16-21)9-12-26(32)29-22)27-20-6-3-5-18(15-20)23-17-30-13-2-1-7-24(30)28-23/h3,5-6,10-11,15-17H,1-2,4,7-9,12-14H2,(H,27,31)(H,29,32). The maximum Gasteiger partial charge on any atom is 0.224 e. The lowest BCUT2D eigenvalue weighted by Crippen LogP contribution is -2.18. The van der Waals surface area contributed by atoms with Crippen LogP contribution in [0, 0.1) is 0 Å². The van der Waals surface area contributed by atoms with Crippen LogP contribution in [0.3, 0.4) is 0 Å². The summed E-state index contributed by atoms with van der Waals surface area (Å²) in [5, 5.41) is 5.86. The first-order valence-electron chi connectivity index (χ1n) is 11.7. The van der Waals surface area contributed by atoms with Crippen LogP contribution >= 0.6 is 0 Å². The van der Waals surface area contributed by atoms with Crippen LogP contribution in [-0.2, 0) is 29.0 Å². The molecule has 7 nitrogen and oxygen atoms in total. The fourth-order valence-corrected chi connectivity index (χ4v) is 4.40. The molecule has 0 saturated carbocycles. The van der Waals surface area contributed by atoms with Crippen LogP contribution < -0.4 is 15.4 Å². The lowest BCUT2D eigenvalue weighted by molar-refractivity contribution is -0.117. The van der Waals surface area contributed by atoms with Gasteiger partial charge in [-0.3, -0.25) is 9.59 Å². The molecule has 170 valence electrons. The third kappa shape index (κ3) is 5.08. The Labute approximate surface area is 193 Å². The average Bonchev–Trinajstić information content (AvgIpc) is 3.26. The van der Waals surface area contributed by atoms with Crippen LogP contribution in [0.5, 0.6) is 5.75 Å². The Balaban J connectivity index is 1.11. The number of nitrogens with one attached hydrogen (secondary N) is 2. The number of fused-ring (bicyclic) bond motifs is 2. The Hall–Kier alpha value is -3.61. The van der Waals surface area contributed by atoms with Gasteiger partial charge in [-0.2, -0.15) is 0 Å². The van der Waals surface area contributed by atoms with Gasteiger partial charge in [0.2, 0.25) is 11.8 Å². The molecule has 3 aromatic rings. The van der Waals surface area contributed by atoms with Crippen molar-refractivity contribution in [3.63, 3.8) is 0 Å². The lowest BCUT2D eigenvalue weighted by Gasteiger charge is -2.17. The molecule has 2 amide bonds. The molecule has 0 atom stereocenters. The summed E-state index contributed by atoms with van der Waals surface area (Å²) in [5.74, 6) is 1.93. The Morgan fingerprint density at radius 2 is 2.06 bits per heavy atom. The van der Waals surface area contributed by atoms with Crippen molar-refractivity contribution < 1.29 is 14.3 Å². The molecule has 33 heavy (non-hydrogen) atoms. The summed E-state index contributed by atoms with van der Waals surface area (Å²) in [7, 11) is 0. The first-order valence-corrected chi connectivity index (χ1v) is 11.7. The Bertz CT molecular complexity index is 1160. The largest absolute Gasteiger partial charge is 0.494 e. The van der Waals surface area contributed by atoms with Crippen molar-refractivity contribution in [3.8, 4) is 17.0 Å². The van der Waals surface area contributed by atoms with Crippen LogP contribution in [0.1, 0.15) is 43.5 Å². The zero-order valence-electron chi connectivity index (χ0n) is 18.6. The maximum absolute atomic E-state index is 12.4. The van der Waals surface area contributed by atoms with Gasteiger partial charge in [0, 0.05) is 48.9 Å². The number of anilines is 2. The second kappa shape index (κ2) is 9.48. The second-order valence-electron chi connectivity index (χ2n) is 8.64. The lowest BCUT2D eigenvalue weighted by atomic mass is 10.0. The summed E-state index contributed by atoms with van der Waals surface area (Å²) in [6, 6.07) is 13.6. The molecule has 0 radical (unpaired) electrons. The van der Waals surface area contributed by atoms with Crippen molar-refractivity contribution in [1.29, 1.82) is 0 Å². The van der Waals surface area contributed by atoms with Crippen molar-refractivity contribution >= 4 is 23.2 Å². The van der Waals surface area contributed by atoms with E-state index in [4.69, 9.17) is 9.72 Å². The summed E-state index contributed by atoms with van der Waals surface area (Å²) in [6.07, 6.45) is 7.76. The first kappa shape index (κ1) is 21.2. The van der Waals surface area contributed by atoms with Gasteiger partial charge < -0.3 is 19.9 Å². The molecule has 2 aliphatic heterocycles. The van der Waals surface area contributed by atoms with Gasteiger partial charge in [0.05, 0.1) is 12.3 Å². The second-order valence-corrected chi connectivity index (χ2v) is 8.64. The number of rotatable bonds is 7. The van der Waals surface area contributed by atoms with Crippen LogP contribution in [-0.4, -0.2) is 28.0 Å². The molecule has 7 heteroatoms. The van der Waals surface area contributed by atoms with E-state index >= 15 is 0 Å². The molecule has 2 N–H and O–H groups in total. The van der Waals surface area contributed by atoms with Crippen molar-refractivity contribution in [2.24, 2.45) is 0 Å². The Kier molecular flexibility index (Phi) is 6.11. The summed E-state index contributed by atoms with van der Waals surface area (Å²) in [4.78, 5) is 28.7. The number of aryl methyl sites for hydroxylation is 3. The molecule has 1 aromatic heterocycles. The van der Waals surface area contributed by atoms with E-state index in [2.05, 4.69) is 21.4 Å². The highest BCUT2D eigenvalue weighted by Crippen LogP contribution is 2.27. The van der Waals surface area contributed by atoms with E-state index in [1.165, 1.54) is 12.8 Å². The highest BCUT2D eigenvalue weighted by molar-refractivity contribution is 5.94. The molecule has 5 rings (SSSR count). The minimum absolute atomic E-state index is 0.0342. The van der Waals surface area contributed by atoms with Gasteiger partial charge >= 0.3 is 0 Å². The number of benzene rings is 2. The first-order chi connectivity index (χ1) is 16.1. The number of hydrogen-bond donors (Lipinski definition) is 2. The summed E-state index contributed by atoms with van der Waals surface area (Å²) < 4.78 is 8.05. The minimum atomic E-state index is -0.0342. The van der Waals surface area contributed by atoms with E-state index in [9.17, 15) is 9.59 Å². The molecule has 0 unspecified atom stereocenters. The maximum atomic E-state index is 12.4. The van der Waals surface area contributed by atoms with Crippen LogP contribution in [0.2, 0.25) is 0 Å². The predicted molar refractivity (Wildman–Crippen MR) is 127 cm³/mol. The number of amides is 2. The fourth-order valence-electron chi connectivity index (χ4n) is 4.40. The molecule has 0 spiro atoms. The van der Waals surface area contributed by atoms with E-state index < -0.39 is 0 Å². The van der Waals surface area contributed by atoms with Gasteiger partial charge in [-0.15, -0.1) is 0 Å². The predicted octanol–water partition coefficient (Wildman–Crippen LogP) is 4.57. The molecular weight excluding hydrogens is 416 g/mol. The third-order valence-corrected chi connectivity index (χ3v) is 6.14. The SMILES string of the molecule is O=C(CCCOc1ccc2c(c1)CCC(=O)N2)Nc1cccc(-c2cn3c(n2)CCCC3)c1. The highest BCUT2D eigenvalue weighted by atomic mass is 16.5. The number of nitrogens with zero attached hydrogens (tertiary/aromatic N) is 2. The van der Waals surface area contributed by atoms with E-state index in [0.29, 0.717) is 25.9 Å². The summed E-state index contributed by atoms with van der Waals surface area (Å²) in [6.45, 7) is 1.49. The van der Waals surface area contributed by atoms with Crippen molar-refractivity contribution in [2.75, 3.05) is 17.2 Å². The number of imidazole rings is 1. The molecule has 0 bridgehead atoms. The van der Waals surface area contributed by atoms with Gasteiger partial charge in [-0.1, -0.05) is 12.1 Å². The average molecular weight is 445 g/mol. The van der Waals surface area contributed by atoms with Gasteiger partial charge in [-0.25, -0.2) is 4.98 Å². The quantitative estimate of drug-likeness (QED) is 0.523. The van der Waals surface area contributed by atoms with Crippen molar-refractivity contribution in [3.05, 3.63) is 60.0 Å². The van der Waals surface area contributed by atoms with Crippen LogP contribution in [0.15, 0.2) is 48.7 Å². The minimum Gasteiger partial charge on any atom is -0.494 e. The topological polar surface area (TPSA) is 85.3 Å². The molecule has 3 heterocycles.